The third kappa shape index (κ3) is 2.13. The summed E-state index contributed by atoms with van der Waals surface area (Å²) >= 11 is 1.19. The summed E-state index contributed by atoms with van der Waals surface area (Å²) in [6.45, 7) is 0. The summed E-state index contributed by atoms with van der Waals surface area (Å²) in [6, 6.07) is 0.829. The highest BCUT2D eigenvalue weighted by Gasteiger charge is 2.13. The van der Waals surface area contributed by atoms with Gasteiger partial charge in [0, 0.05) is 7.05 Å². The van der Waals surface area contributed by atoms with Crippen molar-refractivity contribution in [3.8, 4) is 0 Å². The summed E-state index contributed by atoms with van der Waals surface area (Å²) in [6.07, 6.45) is 0. The Morgan fingerprint density at radius 1 is 1.43 bits per heavy atom. The maximum atomic E-state index is 10.9. The van der Waals surface area contributed by atoms with Crippen molar-refractivity contribution in [2.75, 3.05) is 17.7 Å². The lowest BCUT2D eigenvalue weighted by Gasteiger charge is -1.98. The number of anilines is 2. The van der Waals surface area contributed by atoms with Crippen LogP contribution >= 0.6 is 11.3 Å². The molecular weight excluding hydrogens is 204 g/mol. The molecule has 0 aliphatic carbocycles. The van der Waals surface area contributed by atoms with Crippen molar-refractivity contribution in [3.05, 3.63) is 11.6 Å². The van der Waals surface area contributed by atoms with Crippen LogP contribution in [0.1, 0.15) is 10.4 Å². The monoisotopic (exact) mass is 214 g/mol. The summed E-state index contributed by atoms with van der Waals surface area (Å²) in [5.74, 6) is -0.605. The second-order valence-corrected chi connectivity index (χ2v) is 3.51. The molecule has 0 spiro atoms. The largest absolute Gasteiger partial charge is 0.380 e. The standard InChI is InChI=1S/C7H10N4O2S/c1-10-4-2-3(5(8)12)6(14-4)11-7(9)13/h2,10H,1H3,(H2,8,12)(H3,9,11,13). The van der Waals surface area contributed by atoms with Gasteiger partial charge in [0.2, 0.25) is 0 Å². The van der Waals surface area contributed by atoms with Crippen molar-refractivity contribution in [3.63, 3.8) is 0 Å². The van der Waals surface area contributed by atoms with Crippen LogP contribution < -0.4 is 22.1 Å². The Morgan fingerprint density at radius 2 is 2.07 bits per heavy atom. The zero-order valence-corrected chi connectivity index (χ0v) is 8.27. The zero-order chi connectivity index (χ0) is 10.7. The van der Waals surface area contributed by atoms with E-state index in [1.54, 1.807) is 13.1 Å². The fourth-order valence-electron chi connectivity index (χ4n) is 0.902. The van der Waals surface area contributed by atoms with Gasteiger partial charge in [-0.25, -0.2) is 4.79 Å². The van der Waals surface area contributed by atoms with E-state index in [1.807, 2.05) is 0 Å². The molecule has 3 amide bonds. The van der Waals surface area contributed by atoms with Crippen LogP contribution in [0, 0.1) is 0 Å². The molecule has 76 valence electrons. The number of primary amides is 2. The minimum atomic E-state index is -0.725. The van der Waals surface area contributed by atoms with Crippen molar-refractivity contribution >= 4 is 33.3 Å². The lowest BCUT2D eigenvalue weighted by molar-refractivity contribution is 0.100. The summed E-state index contributed by atoms with van der Waals surface area (Å²) in [7, 11) is 1.70. The Balaban J connectivity index is 3.05. The Hall–Kier alpha value is -1.76. The summed E-state index contributed by atoms with van der Waals surface area (Å²) in [4.78, 5) is 21.5. The van der Waals surface area contributed by atoms with E-state index in [-0.39, 0.29) is 5.56 Å². The van der Waals surface area contributed by atoms with E-state index in [2.05, 4.69) is 10.6 Å². The second kappa shape index (κ2) is 3.97. The number of rotatable bonds is 3. The predicted octanol–water partition coefficient (Wildman–Crippen LogP) is 0.379. The molecule has 0 saturated carbocycles. The highest BCUT2D eigenvalue weighted by Crippen LogP contribution is 2.31. The quantitative estimate of drug-likeness (QED) is 0.583. The van der Waals surface area contributed by atoms with Gasteiger partial charge in [0.1, 0.15) is 5.00 Å². The van der Waals surface area contributed by atoms with Crippen LogP contribution in [-0.2, 0) is 0 Å². The van der Waals surface area contributed by atoms with E-state index in [9.17, 15) is 9.59 Å². The molecular formula is C7H10N4O2S. The first kappa shape index (κ1) is 10.3. The highest BCUT2D eigenvalue weighted by molar-refractivity contribution is 7.20. The average Bonchev–Trinajstić information content (AvgIpc) is 2.46. The Kier molecular flexibility index (Phi) is 2.92. The molecule has 0 fully saturated rings. The fraction of sp³-hybridized carbons (Fsp3) is 0.143. The number of urea groups is 1. The molecule has 0 aliphatic heterocycles. The van der Waals surface area contributed by atoms with Gasteiger partial charge in [-0.3, -0.25) is 10.1 Å². The lowest BCUT2D eigenvalue weighted by atomic mass is 10.3. The zero-order valence-electron chi connectivity index (χ0n) is 7.46. The van der Waals surface area contributed by atoms with Crippen LogP contribution in [0.25, 0.3) is 0 Å². The molecule has 1 heterocycles. The normalized spacial score (nSPS) is 9.50. The molecule has 1 aromatic rings. The topological polar surface area (TPSA) is 110 Å². The number of carbonyl (C=O) groups excluding carboxylic acids is 2. The van der Waals surface area contributed by atoms with Gasteiger partial charge in [-0.05, 0) is 6.07 Å². The summed E-state index contributed by atoms with van der Waals surface area (Å²) < 4.78 is 0. The molecule has 7 heteroatoms. The van der Waals surface area contributed by atoms with Crippen LogP contribution in [0.3, 0.4) is 0 Å². The molecule has 0 aromatic carbocycles. The van der Waals surface area contributed by atoms with Crippen molar-refractivity contribution in [1.29, 1.82) is 0 Å². The number of nitrogens with one attached hydrogen (secondary N) is 2. The summed E-state index contributed by atoms with van der Waals surface area (Å²) in [5, 5.41) is 6.24. The van der Waals surface area contributed by atoms with Crippen LogP contribution in [-0.4, -0.2) is 19.0 Å². The fourth-order valence-corrected chi connectivity index (χ4v) is 1.82. The first-order valence-electron chi connectivity index (χ1n) is 3.72. The molecule has 6 N–H and O–H groups in total. The second-order valence-electron chi connectivity index (χ2n) is 2.46. The number of thiophene rings is 1. The molecule has 0 aliphatic rings. The van der Waals surface area contributed by atoms with Gasteiger partial charge in [0.05, 0.1) is 10.6 Å². The maximum Gasteiger partial charge on any atom is 0.317 e. The first-order valence-corrected chi connectivity index (χ1v) is 4.54. The molecule has 0 radical (unpaired) electrons. The highest BCUT2D eigenvalue weighted by atomic mass is 32.1. The molecule has 1 rings (SSSR count). The third-order valence-corrected chi connectivity index (χ3v) is 2.55. The van der Waals surface area contributed by atoms with E-state index in [0.717, 1.165) is 5.00 Å². The number of hydrogen-bond acceptors (Lipinski definition) is 4. The summed E-state index contributed by atoms with van der Waals surface area (Å²) in [5.41, 5.74) is 10.3. The van der Waals surface area contributed by atoms with Crippen molar-refractivity contribution < 1.29 is 9.59 Å². The van der Waals surface area contributed by atoms with Crippen LogP contribution in [0.2, 0.25) is 0 Å². The lowest BCUT2D eigenvalue weighted by Crippen LogP contribution is -2.21. The Morgan fingerprint density at radius 3 is 2.50 bits per heavy atom. The number of amides is 3. The van der Waals surface area contributed by atoms with Crippen LogP contribution in [0.4, 0.5) is 14.8 Å². The average molecular weight is 214 g/mol. The molecule has 6 nitrogen and oxygen atoms in total. The Labute approximate surface area is 84.3 Å². The van der Waals surface area contributed by atoms with Gasteiger partial charge in [0.15, 0.2) is 0 Å². The minimum absolute atomic E-state index is 0.248. The number of hydrogen-bond donors (Lipinski definition) is 4. The Bertz CT molecular complexity index is 374. The van der Waals surface area contributed by atoms with Gasteiger partial charge in [-0.15, -0.1) is 11.3 Å². The van der Waals surface area contributed by atoms with Crippen molar-refractivity contribution in [1.82, 2.24) is 0 Å². The molecule has 0 saturated heterocycles. The number of carbonyl (C=O) groups is 2. The van der Waals surface area contributed by atoms with Gasteiger partial charge >= 0.3 is 6.03 Å². The van der Waals surface area contributed by atoms with Crippen molar-refractivity contribution in [2.24, 2.45) is 11.5 Å². The molecule has 0 atom stereocenters. The van der Waals surface area contributed by atoms with Crippen LogP contribution in [0.5, 0.6) is 0 Å². The predicted molar refractivity (Wildman–Crippen MR) is 55.6 cm³/mol. The van der Waals surface area contributed by atoms with Gasteiger partial charge in [0.25, 0.3) is 5.91 Å². The third-order valence-electron chi connectivity index (χ3n) is 1.48. The maximum absolute atomic E-state index is 10.9. The molecule has 0 bridgehead atoms. The van der Waals surface area contributed by atoms with Gasteiger partial charge < -0.3 is 16.8 Å². The molecule has 1 aromatic heterocycles. The van der Waals surface area contributed by atoms with Gasteiger partial charge in [-0.1, -0.05) is 0 Å². The van der Waals surface area contributed by atoms with E-state index in [4.69, 9.17) is 11.5 Å². The van der Waals surface area contributed by atoms with Crippen LogP contribution in [0.15, 0.2) is 6.07 Å². The molecule has 0 unspecified atom stereocenters. The number of nitrogens with two attached hydrogens (primary N) is 2. The molecule has 14 heavy (non-hydrogen) atoms. The first-order chi connectivity index (χ1) is 6.54. The minimum Gasteiger partial charge on any atom is -0.380 e. The van der Waals surface area contributed by atoms with E-state index in [1.165, 1.54) is 11.3 Å². The van der Waals surface area contributed by atoms with E-state index >= 15 is 0 Å². The smallest absolute Gasteiger partial charge is 0.317 e. The van der Waals surface area contributed by atoms with Crippen molar-refractivity contribution in [2.45, 2.75) is 0 Å². The van der Waals surface area contributed by atoms with E-state index in [0.29, 0.717) is 5.00 Å². The van der Waals surface area contributed by atoms with Gasteiger partial charge in [-0.2, -0.15) is 0 Å². The van der Waals surface area contributed by atoms with E-state index < -0.39 is 11.9 Å². The SMILES string of the molecule is CNc1cc(C(N)=O)c(NC(N)=O)s1.